The Morgan fingerprint density at radius 3 is 2.24 bits per heavy atom. The van der Waals surface area contributed by atoms with Crippen molar-refractivity contribution in [3.05, 3.63) is 11.9 Å². The Labute approximate surface area is 122 Å². The van der Waals surface area contributed by atoms with E-state index in [4.69, 9.17) is 5.84 Å². The number of aromatic nitrogens is 2. The maximum absolute atomic E-state index is 12.0. The fraction of sp³-hybridized carbons (Fsp3) is 0.692. The van der Waals surface area contributed by atoms with Crippen molar-refractivity contribution >= 4 is 11.6 Å². The molecule has 0 spiro atoms. The minimum Gasteiger partial charge on any atom is -0.370 e. The first kappa shape index (κ1) is 17.5. The third-order valence-corrected chi connectivity index (χ3v) is 2.74. The van der Waals surface area contributed by atoms with E-state index in [2.05, 4.69) is 20.7 Å². The number of hydrogen-bond donors (Lipinski definition) is 3. The molecular weight excluding hydrogens is 283 g/mol. The Morgan fingerprint density at radius 1 is 1.10 bits per heavy atom. The Hall–Kier alpha value is -1.57. The second-order valence-electron chi connectivity index (χ2n) is 5.86. The summed E-state index contributed by atoms with van der Waals surface area (Å²) in [5, 5.41) is 3.00. The topological polar surface area (TPSA) is 75.9 Å². The second kappa shape index (κ2) is 6.93. The van der Waals surface area contributed by atoms with Crippen LogP contribution in [0.25, 0.3) is 0 Å². The van der Waals surface area contributed by atoms with E-state index in [-0.39, 0.29) is 11.8 Å². The molecule has 4 N–H and O–H groups in total. The van der Waals surface area contributed by atoms with Crippen molar-refractivity contribution in [1.29, 1.82) is 0 Å². The fourth-order valence-electron chi connectivity index (χ4n) is 1.61. The zero-order valence-corrected chi connectivity index (χ0v) is 12.5. The summed E-state index contributed by atoms with van der Waals surface area (Å²) in [5.41, 5.74) is 2.21. The van der Waals surface area contributed by atoms with Gasteiger partial charge in [-0.2, -0.15) is 13.2 Å². The molecule has 0 radical (unpaired) electrons. The number of alkyl halides is 3. The summed E-state index contributed by atoms with van der Waals surface area (Å²) in [6.45, 7) is 6.32. The first-order valence-corrected chi connectivity index (χ1v) is 6.78. The molecule has 1 heterocycles. The summed E-state index contributed by atoms with van der Waals surface area (Å²) < 4.78 is 36.1. The van der Waals surface area contributed by atoms with Gasteiger partial charge < -0.3 is 10.7 Å². The largest absolute Gasteiger partial charge is 0.389 e. The lowest BCUT2D eigenvalue weighted by Gasteiger charge is -2.18. The van der Waals surface area contributed by atoms with E-state index in [1.807, 2.05) is 20.8 Å². The van der Waals surface area contributed by atoms with Crippen LogP contribution in [0.2, 0.25) is 0 Å². The molecule has 0 bridgehead atoms. The van der Waals surface area contributed by atoms with Gasteiger partial charge in [0.25, 0.3) is 0 Å². The third kappa shape index (κ3) is 6.61. The van der Waals surface area contributed by atoms with Crippen molar-refractivity contribution in [1.82, 2.24) is 9.97 Å². The molecule has 0 aromatic carbocycles. The molecule has 1 rings (SSSR count). The number of nitrogen functional groups attached to an aromatic ring is 1. The smallest absolute Gasteiger partial charge is 0.370 e. The molecule has 120 valence electrons. The molecule has 1 aromatic heterocycles. The third-order valence-electron chi connectivity index (χ3n) is 2.74. The van der Waals surface area contributed by atoms with E-state index in [0.29, 0.717) is 30.4 Å². The van der Waals surface area contributed by atoms with E-state index in [0.717, 1.165) is 0 Å². The second-order valence-corrected chi connectivity index (χ2v) is 5.86. The van der Waals surface area contributed by atoms with Gasteiger partial charge >= 0.3 is 6.18 Å². The van der Waals surface area contributed by atoms with Gasteiger partial charge in [0, 0.05) is 24.4 Å². The van der Waals surface area contributed by atoms with E-state index >= 15 is 0 Å². The lowest BCUT2D eigenvalue weighted by atomic mass is 9.96. The van der Waals surface area contributed by atoms with Gasteiger partial charge in [-0.05, 0) is 12.8 Å². The molecule has 0 saturated heterocycles. The van der Waals surface area contributed by atoms with Crippen molar-refractivity contribution in [3.63, 3.8) is 0 Å². The Balaban J connectivity index is 2.59. The number of nitrogens with zero attached hydrogens (tertiary/aromatic N) is 2. The zero-order valence-electron chi connectivity index (χ0n) is 12.5. The van der Waals surface area contributed by atoms with Crippen LogP contribution in [-0.2, 0) is 5.41 Å². The highest BCUT2D eigenvalue weighted by atomic mass is 19.4. The predicted molar refractivity (Wildman–Crippen MR) is 76.9 cm³/mol. The van der Waals surface area contributed by atoms with Gasteiger partial charge in [0.15, 0.2) is 0 Å². The maximum atomic E-state index is 12.0. The van der Waals surface area contributed by atoms with Crippen molar-refractivity contribution in [2.24, 2.45) is 5.84 Å². The molecule has 0 saturated carbocycles. The van der Waals surface area contributed by atoms with Crippen molar-refractivity contribution in [2.45, 2.75) is 51.6 Å². The van der Waals surface area contributed by atoms with Crippen LogP contribution in [0.1, 0.15) is 45.9 Å². The fourth-order valence-corrected chi connectivity index (χ4v) is 1.61. The number of rotatable bonds is 6. The van der Waals surface area contributed by atoms with Crippen LogP contribution >= 0.6 is 0 Å². The molecular formula is C13H22F3N5. The lowest BCUT2D eigenvalue weighted by Crippen LogP contribution is -2.20. The van der Waals surface area contributed by atoms with Crippen molar-refractivity contribution in [3.8, 4) is 0 Å². The summed E-state index contributed by atoms with van der Waals surface area (Å²) in [7, 11) is 0. The standard InChI is InChI=1S/C13H22F3N5/c1-12(2,3)11-19-9(8-10(20-11)21-17)18-7-5-4-6-13(14,15)16/h8H,4-7,17H2,1-3H3,(H2,18,19,20,21). The van der Waals surface area contributed by atoms with Gasteiger partial charge in [0.05, 0.1) is 0 Å². The SMILES string of the molecule is CC(C)(C)c1nc(NN)cc(NCCCCC(F)(F)F)n1. The highest BCUT2D eigenvalue weighted by Crippen LogP contribution is 2.23. The van der Waals surface area contributed by atoms with Crippen LogP contribution in [0.5, 0.6) is 0 Å². The van der Waals surface area contributed by atoms with Gasteiger partial charge in [-0.1, -0.05) is 20.8 Å². The Morgan fingerprint density at radius 2 is 1.71 bits per heavy atom. The molecule has 0 amide bonds. The first-order chi connectivity index (χ1) is 9.62. The molecule has 0 unspecified atom stereocenters. The number of halogens is 3. The molecule has 21 heavy (non-hydrogen) atoms. The number of hydrazine groups is 1. The van der Waals surface area contributed by atoms with Gasteiger partial charge in [0.2, 0.25) is 0 Å². The Kier molecular flexibility index (Phi) is 5.77. The summed E-state index contributed by atoms with van der Waals surface area (Å²) in [6, 6.07) is 1.62. The van der Waals surface area contributed by atoms with Gasteiger partial charge in [-0.3, -0.25) is 0 Å². The summed E-state index contributed by atoms with van der Waals surface area (Å²) in [4.78, 5) is 8.62. The minimum atomic E-state index is -4.09. The number of anilines is 2. The highest BCUT2D eigenvalue weighted by molar-refractivity contribution is 5.47. The quantitative estimate of drug-likeness (QED) is 0.427. The molecule has 8 heteroatoms. The van der Waals surface area contributed by atoms with Crippen LogP contribution in [0, 0.1) is 0 Å². The van der Waals surface area contributed by atoms with Crippen LogP contribution in [0.15, 0.2) is 6.07 Å². The van der Waals surface area contributed by atoms with E-state index < -0.39 is 12.6 Å². The normalized spacial score (nSPS) is 12.3. The van der Waals surface area contributed by atoms with Crippen LogP contribution < -0.4 is 16.6 Å². The molecule has 0 aliphatic rings. The molecule has 0 fully saturated rings. The number of unbranched alkanes of at least 4 members (excludes halogenated alkanes) is 1. The summed E-state index contributed by atoms with van der Waals surface area (Å²) >= 11 is 0. The minimum absolute atomic E-state index is 0.0930. The van der Waals surface area contributed by atoms with Crippen LogP contribution in [-0.4, -0.2) is 22.7 Å². The zero-order chi connectivity index (χ0) is 16.1. The van der Waals surface area contributed by atoms with Crippen molar-refractivity contribution in [2.75, 3.05) is 17.3 Å². The van der Waals surface area contributed by atoms with Crippen molar-refractivity contribution < 1.29 is 13.2 Å². The van der Waals surface area contributed by atoms with Gasteiger partial charge in [-0.15, -0.1) is 0 Å². The van der Waals surface area contributed by atoms with Gasteiger partial charge in [0.1, 0.15) is 17.5 Å². The lowest BCUT2D eigenvalue weighted by molar-refractivity contribution is -0.135. The molecule has 0 aliphatic heterocycles. The van der Waals surface area contributed by atoms with E-state index in [1.54, 1.807) is 6.07 Å². The molecule has 1 aromatic rings. The predicted octanol–water partition coefficient (Wildman–Crippen LogP) is 3.20. The van der Waals surface area contributed by atoms with Crippen LogP contribution in [0.3, 0.4) is 0 Å². The van der Waals surface area contributed by atoms with E-state index in [1.165, 1.54) is 0 Å². The highest BCUT2D eigenvalue weighted by Gasteiger charge is 2.25. The monoisotopic (exact) mass is 305 g/mol. The number of nitrogens with two attached hydrogens (primary N) is 1. The maximum Gasteiger partial charge on any atom is 0.389 e. The molecule has 0 atom stereocenters. The number of nitrogens with one attached hydrogen (secondary N) is 2. The average molecular weight is 305 g/mol. The summed E-state index contributed by atoms with van der Waals surface area (Å²) in [6.07, 6.45) is -4.35. The Bertz CT molecular complexity index is 454. The first-order valence-electron chi connectivity index (χ1n) is 6.78. The molecule has 0 aliphatic carbocycles. The summed E-state index contributed by atoms with van der Waals surface area (Å²) in [5.74, 6) is 6.99. The average Bonchev–Trinajstić information content (AvgIpc) is 2.35. The van der Waals surface area contributed by atoms with Crippen LogP contribution in [0.4, 0.5) is 24.8 Å². The van der Waals surface area contributed by atoms with E-state index in [9.17, 15) is 13.2 Å². The number of hydrogen-bond acceptors (Lipinski definition) is 5. The molecule has 5 nitrogen and oxygen atoms in total. The van der Waals surface area contributed by atoms with Gasteiger partial charge in [-0.25, -0.2) is 15.8 Å².